The summed E-state index contributed by atoms with van der Waals surface area (Å²) in [5, 5.41) is 0. The molecular weight excluding hydrogens is 168 g/mol. The van der Waals surface area contributed by atoms with Gasteiger partial charge in [0.15, 0.2) is 5.65 Å². The van der Waals surface area contributed by atoms with Crippen molar-refractivity contribution in [1.82, 2.24) is 9.55 Å². The third kappa shape index (κ3) is 0.966. The van der Waals surface area contributed by atoms with Crippen molar-refractivity contribution in [1.29, 1.82) is 0 Å². The lowest BCUT2D eigenvalue weighted by atomic mass is 10.1. The predicted molar refractivity (Wildman–Crippen MR) is 52.7 cm³/mol. The molecule has 64 valence electrons. The average molecular weight is 180 g/mol. The van der Waals surface area contributed by atoms with Gasteiger partial charge in [-0.1, -0.05) is 13.8 Å². The second-order valence-electron chi connectivity index (χ2n) is 3.32. The Morgan fingerprint density at radius 3 is 2.83 bits per heavy atom. The molecule has 0 spiro atoms. The van der Waals surface area contributed by atoms with Gasteiger partial charge in [-0.25, -0.2) is 4.98 Å². The fourth-order valence-electron chi connectivity index (χ4n) is 1.51. The van der Waals surface area contributed by atoms with Gasteiger partial charge < -0.3 is 4.57 Å². The van der Waals surface area contributed by atoms with Crippen LogP contribution < -0.4 is 0 Å². The smallest absolute Gasteiger partial charge is 0.150 e. The first-order valence-electron chi connectivity index (χ1n) is 4.09. The number of thiazole rings is 1. The van der Waals surface area contributed by atoms with Gasteiger partial charge in [0.05, 0.1) is 10.2 Å². The van der Waals surface area contributed by atoms with Crippen LogP contribution in [0, 0.1) is 0 Å². The Morgan fingerprint density at radius 1 is 1.50 bits per heavy atom. The highest BCUT2D eigenvalue weighted by atomic mass is 32.1. The fourth-order valence-corrected chi connectivity index (χ4v) is 2.26. The molecule has 2 rings (SSSR count). The summed E-state index contributed by atoms with van der Waals surface area (Å²) < 4.78 is 3.47. The van der Waals surface area contributed by atoms with Gasteiger partial charge in [0.1, 0.15) is 0 Å². The summed E-state index contributed by atoms with van der Waals surface area (Å²) in [5.74, 6) is 0.580. The minimum atomic E-state index is 0.580. The first-order chi connectivity index (χ1) is 5.70. The molecule has 0 unspecified atom stereocenters. The summed E-state index contributed by atoms with van der Waals surface area (Å²) in [6.45, 7) is 4.41. The van der Waals surface area contributed by atoms with Crippen molar-refractivity contribution in [3.63, 3.8) is 0 Å². The number of rotatable bonds is 1. The minimum absolute atomic E-state index is 0.580. The molecule has 0 fully saturated rings. The van der Waals surface area contributed by atoms with Gasteiger partial charge in [-0.3, -0.25) is 0 Å². The van der Waals surface area contributed by atoms with Crippen molar-refractivity contribution < 1.29 is 0 Å². The van der Waals surface area contributed by atoms with E-state index in [1.807, 2.05) is 5.51 Å². The van der Waals surface area contributed by atoms with Gasteiger partial charge in [0.2, 0.25) is 0 Å². The van der Waals surface area contributed by atoms with E-state index in [9.17, 15) is 0 Å². The highest BCUT2D eigenvalue weighted by molar-refractivity contribution is 7.16. The van der Waals surface area contributed by atoms with Crippen LogP contribution in [0.3, 0.4) is 0 Å². The van der Waals surface area contributed by atoms with E-state index in [1.54, 1.807) is 11.3 Å². The minimum Gasteiger partial charge on any atom is -0.332 e. The molecule has 2 aromatic rings. The molecule has 0 bridgehead atoms. The van der Waals surface area contributed by atoms with E-state index in [2.05, 4.69) is 36.5 Å². The zero-order valence-corrected chi connectivity index (χ0v) is 8.35. The average Bonchev–Trinajstić information content (AvgIpc) is 2.53. The first kappa shape index (κ1) is 7.80. The summed E-state index contributed by atoms with van der Waals surface area (Å²) in [7, 11) is 2.08. The van der Waals surface area contributed by atoms with Gasteiger partial charge >= 0.3 is 0 Å². The van der Waals surface area contributed by atoms with E-state index in [1.165, 1.54) is 10.4 Å². The zero-order valence-electron chi connectivity index (χ0n) is 7.53. The number of aromatic nitrogens is 2. The summed E-state index contributed by atoms with van der Waals surface area (Å²) in [6.07, 6.45) is 0. The number of aryl methyl sites for hydroxylation is 1. The monoisotopic (exact) mass is 180 g/mol. The molecule has 3 heteroatoms. The molecule has 0 saturated heterocycles. The molecule has 0 atom stereocenters. The molecule has 0 radical (unpaired) electrons. The number of hydrogen-bond donors (Lipinski definition) is 0. The molecule has 0 aromatic carbocycles. The molecule has 0 aliphatic rings. The molecule has 0 saturated carbocycles. The van der Waals surface area contributed by atoms with Crippen LogP contribution in [-0.4, -0.2) is 9.55 Å². The Hall–Kier alpha value is -0.830. The predicted octanol–water partition coefficient (Wildman–Crippen LogP) is 2.76. The van der Waals surface area contributed by atoms with Crippen LogP contribution in [0.25, 0.3) is 10.3 Å². The third-order valence-electron chi connectivity index (χ3n) is 2.15. The molecule has 0 amide bonds. The van der Waals surface area contributed by atoms with Gasteiger partial charge in [-0.15, -0.1) is 11.3 Å². The van der Waals surface area contributed by atoms with Crippen LogP contribution in [0.5, 0.6) is 0 Å². The highest BCUT2D eigenvalue weighted by Crippen LogP contribution is 2.25. The number of nitrogens with zero attached hydrogens (tertiary/aromatic N) is 2. The number of hydrogen-bond acceptors (Lipinski definition) is 2. The summed E-state index contributed by atoms with van der Waals surface area (Å²) in [4.78, 5) is 4.30. The molecule has 2 aromatic heterocycles. The van der Waals surface area contributed by atoms with Gasteiger partial charge in [-0.05, 0) is 12.0 Å². The lowest BCUT2D eigenvalue weighted by Crippen LogP contribution is -1.97. The van der Waals surface area contributed by atoms with E-state index < -0.39 is 0 Å². The Bertz CT molecular complexity index is 397. The van der Waals surface area contributed by atoms with Gasteiger partial charge in [-0.2, -0.15) is 0 Å². The quantitative estimate of drug-likeness (QED) is 0.660. The Balaban J connectivity index is 2.70. The molecule has 2 heterocycles. The largest absolute Gasteiger partial charge is 0.332 e. The van der Waals surface area contributed by atoms with Gasteiger partial charge in [0.25, 0.3) is 0 Å². The molecule has 0 aliphatic heterocycles. The zero-order chi connectivity index (χ0) is 8.72. The molecule has 2 nitrogen and oxygen atoms in total. The lowest BCUT2D eigenvalue weighted by molar-refractivity contribution is 0.751. The van der Waals surface area contributed by atoms with Crippen molar-refractivity contribution in [2.24, 2.45) is 7.05 Å². The van der Waals surface area contributed by atoms with Crippen LogP contribution in [-0.2, 0) is 7.05 Å². The van der Waals surface area contributed by atoms with E-state index in [-0.39, 0.29) is 0 Å². The van der Waals surface area contributed by atoms with Crippen molar-refractivity contribution in [3.05, 3.63) is 17.3 Å². The Kier molecular flexibility index (Phi) is 1.68. The second-order valence-corrected chi connectivity index (χ2v) is 4.21. The van der Waals surface area contributed by atoms with Crippen molar-refractivity contribution in [2.75, 3.05) is 0 Å². The second kappa shape index (κ2) is 2.59. The van der Waals surface area contributed by atoms with Crippen molar-refractivity contribution in [2.45, 2.75) is 19.8 Å². The first-order valence-corrected chi connectivity index (χ1v) is 4.97. The molecule has 0 aliphatic carbocycles. The van der Waals surface area contributed by atoms with Crippen LogP contribution in [0.2, 0.25) is 0 Å². The van der Waals surface area contributed by atoms with E-state index in [0.717, 1.165) is 5.65 Å². The van der Waals surface area contributed by atoms with Crippen molar-refractivity contribution in [3.8, 4) is 0 Å². The molecule has 12 heavy (non-hydrogen) atoms. The summed E-state index contributed by atoms with van der Waals surface area (Å²) in [5.41, 5.74) is 4.38. The van der Waals surface area contributed by atoms with Crippen LogP contribution in [0.15, 0.2) is 11.6 Å². The van der Waals surface area contributed by atoms with Crippen LogP contribution in [0.1, 0.15) is 25.5 Å². The third-order valence-corrected chi connectivity index (χ3v) is 2.92. The Morgan fingerprint density at radius 2 is 2.25 bits per heavy atom. The van der Waals surface area contributed by atoms with E-state index in [0.29, 0.717) is 5.92 Å². The lowest BCUT2D eigenvalue weighted by Gasteiger charge is -2.05. The number of fused-ring (bicyclic) bond motifs is 1. The highest BCUT2D eigenvalue weighted by Gasteiger charge is 2.09. The maximum atomic E-state index is 4.30. The van der Waals surface area contributed by atoms with Crippen LogP contribution >= 0.6 is 11.3 Å². The fraction of sp³-hybridized carbons (Fsp3) is 0.444. The van der Waals surface area contributed by atoms with E-state index in [4.69, 9.17) is 0 Å². The molecule has 0 N–H and O–H groups in total. The van der Waals surface area contributed by atoms with E-state index >= 15 is 0 Å². The van der Waals surface area contributed by atoms with Crippen molar-refractivity contribution >= 4 is 21.7 Å². The summed E-state index contributed by atoms with van der Waals surface area (Å²) >= 11 is 1.71. The topological polar surface area (TPSA) is 17.8 Å². The summed E-state index contributed by atoms with van der Waals surface area (Å²) in [6, 6.07) is 2.23. The van der Waals surface area contributed by atoms with Crippen LogP contribution in [0.4, 0.5) is 0 Å². The maximum Gasteiger partial charge on any atom is 0.150 e. The normalized spacial score (nSPS) is 11.7. The van der Waals surface area contributed by atoms with Gasteiger partial charge in [0, 0.05) is 12.7 Å². The molecular formula is C9H12N2S. The Labute approximate surface area is 75.9 Å². The SMILES string of the molecule is CC(C)c1cc2scnc2n1C. The standard InChI is InChI=1S/C9H12N2S/c1-6(2)7-4-8-9(11(7)3)10-5-12-8/h4-6H,1-3H3. The maximum absolute atomic E-state index is 4.30.